The monoisotopic (exact) mass is 507 g/mol. The second kappa shape index (κ2) is 11.5. The molecule has 1 heterocycles. The Morgan fingerprint density at radius 1 is 0.816 bits per heavy atom. The Bertz CT molecular complexity index is 1520. The third-order valence-electron chi connectivity index (χ3n) is 6.28. The fourth-order valence-corrected chi connectivity index (χ4v) is 4.36. The van der Waals surface area contributed by atoms with Crippen LogP contribution in [0.2, 0.25) is 0 Å². The van der Waals surface area contributed by atoms with Crippen molar-refractivity contribution in [3.8, 4) is 0 Å². The Hall–Kier alpha value is -4.85. The summed E-state index contributed by atoms with van der Waals surface area (Å²) in [6, 6.07) is 31.0. The molecule has 4 aromatic carbocycles. The molecule has 8 heteroatoms. The maximum absolute atomic E-state index is 13.9. The number of hydrogen-bond donors (Lipinski definition) is 1. The van der Waals surface area contributed by atoms with Crippen molar-refractivity contribution in [1.82, 2.24) is 25.2 Å². The van der Waals surface area contributed by atoms with Gasteiger partial charge in [0, 0.05) is 13.1 Å². The topological polar surface area (TPSA) is 80.1 Å². The fourth-order valence-electron chi connectivity index (χ4n) is 4.36. The van der Waals surface area contributed by atoms with E-state index in [9.17, 15) is 14.0 Å². The van der Waals surface area contributed by atoms with Crippen molar-refractivity contribution in [2.45, 2.75) is 25.7 Å². The summed E-state index contributed by atoms with van der Waals surface area (Å²) in [4.78, 5) is 29.1. The SMILES string of the molecule is O=C(NCc1ccccc1)[C@@H](c1ccc(F)cc1)N(Cc1ccccc1)C(=O)Cn1nnc2ccccc21. The van der Waals surface area contributed by atoms with Gasteiger partial charge in [-0.1, -0.05) is 90.1 Å². The molecule has 1 atom stereocenters. The van der Waals surface area contributed by atoms with Crippen molar-refractivity contribution in [3.63, 3.8) is 0 Å². The van der Waals surface area contributed by atoms with E-state index in [1.807, 2.05) is 84.9 Å². The van der Waals surface area contributed by atoms with Gasteiger partial charge in [-0.2, -0.15) is 0 Å². The van der Waals surface area contributed by atoms with Gasteiger partial charge in [0.2, 0.25) is 11.8 Å². The number of nitrogens with zero attached hydrogens (tertiary/aromatic N) is 4. The van der Waals surface area contributed by atoms with Crippen LogP contribution in [0.4, 0.5) is 4.39 Å². The molecular formula is C30H26FN5O2. The average molecular weight is 508 g/mol. The number of fused-ring (bicyclic) bond motifs is 1. The zero-order valence-corrected chi connectivity index (χ0v) is 20.6. The molecule has 5 rings (SSSR count). The zero-order chi connectivity index (χ0) is 26.3. The van der Waals surface area contributed by atoms with E-state index < -0.39 is 11.9 Å². The van der Waals surface area contributed by atoms with Crippen molar-refractivity contribution >= 4 is 22.8 Å². The molecule has 0 aliphatic heterocycles. The second-order valence-corrected chi connectivity index (χ2v) is 8.90. The first kappa shape index (κ1) is 24.8. The molecule has 5 aromatic rings. The quantitative estimate of drug-likeness (QED) is 0.315. The van der Waals surface area contributed by atoms with Crippen molar-refractivity contribution in [2.75, 3.05) is 0 Å². The Balaban J connectivity index is 1.50. The molecule has 0 bridgehead atoms. The van der Waals surface area contributed by atoms with Gasteiger partial charge in [0.15, 0.2) is 0 Å². The van der Waals surface area contributed by atoms with E-state index in [4.69, 9.17) is 0 Å². The van der Waals surface area contributed by atoms with Crippen LogP contribution in [0.3, 0.4) is 0 Å². The van der Waals surface area contributed by atoms with Gasteiger partial charge in [-0.05, 0) is 41.0 Å². The lowest BCUT2D eigenvalue weighted by Gasteiger charge is -2.31. The van der Waals surface area contributed by atoms with Crippen LogP contribution in [0.1, 0.15) is 22.7 Å². The molecular weight excluding hydrogens is 481 g/mol. The van der Waals surface area contributed by atoms with E-state index in [2.05, 4.69) is 15.6 Å². The molecule has 190 valence electrons. The average Bonchev–Trinajstić information content (AvgIpc) is 3.36. The summed E-state index contributed by atoms with van der Waals surface area (Å²) in [5.74, 6) is -1.12. The first-order valence-corrected chi connectivity index (χ1v) is 12.3. The second-order valence-electron chi connectivity index (χ2n) is 8.90. The summed E-state index contributed by atoms with van der Waals surface area (Å²) in [7, 11) is 0. The van der Waals surface area contributed by atoms with Gasteiger partial charge in [-0.25, -0.2) is 9.07 Å². The molecule has 0 spiro atoms. The number of rotatable bonds is 9. The number of aromatic nitrogens is 3. The van der Waals surface area contributed by atoms with Crippen molar-refractivity contribution in [2.24, 2.45) is 0 Å². The first-order chi connectivity index (χ1) is 18.6. The van der Waals surface area contributed by atoms with Crippen molar-refractivity contribution in [3.05, 3.63) is 132 Å². The van der Waals surface area contributed by atoms with Gasteiger partial charge in [-0.3, -0.25) is 9.59 Å². The van der Waals surface area contributed by atoms with Gasteiger partial charge < -0.3 is 10.2 Å². The molecule has 0 aliphatic rings. The summed E-state index contributed by atoms with van der Waals surface area (Å²) >= 11 is 0. The van der Waals surface area contributed by atoms with Gasteiger partial charge in [-0.15, -0.1) is 5.10 Å². The minimum absolute atomic E-state index is 0.114. The van der Waals surface area contributed by atoms with E-state index in [0.717, 1.165) is 11.1 Å². The van der Waals surface area contributed by atoms with Gasteiger partial charge in [0.1, 0.15) is 23.9 Å². The van der Waals surface area contributed by atoms with Crippen LogP contribution in [0.25, 0.3) is 11.0 Å². The Kier molecular flexibility index (Phi) is 7.49. The minimum atomic E-state index is -0.998. The van der Waals surface area contributed by atoms with Gasteiger partial charge in [0.25, 0.3) is 0 Å². The van der Waals surface area contributed by atoms with E-state index >= 15 is 0 Å². The molecule has 1 aromatic heterocycles. The van der Waals surface area contributed by atoms with Crippen molar-refractivity contribution < 1.29 is 14.0 Å². The lowest BCUT2D eigenvalue weighted by atomic mass is 10.0. The first-order valence-electron chi connectivity index (χ1n) is 12.3. The molecule has 1 N–H and O–H groups in total. The molecule has 0 aliphatic carbocycles. The predicted molar refractivity (Wildman–Crippen MR) is 142 cm³/mol. The largest absolute Gasteiger partial charge is 0.350 e. The Morgan fingerprint density at radius 3 is 2.16 bits per heavy atom. The van der Waals surface area contributed by atoms with Gasteiger partial charge in [0.05, 0.1) is 5.52 Å². The maximum Gasteiger partial charge on any atom is 0.247 e. The lowest BCUT2D eigenvalue weighted by molar-refractivity contribution is -0.142. The fraction of sp³-hybridized carbons (Fsp3) is 0.133. The zero-order valence-electron chi connectivity index (χ0n) is 20.6. The van der Waals surface area contributed by atoms with Crippen LogP contribution in [-0.2, 0) is 29.2 Å². The summed E-state index contributed by atoms with van der Waals surface area (Å²) in [6.07, 6.45) is 0. The number of halogens is 1. The Morgan fingerprint density at radius 2 is 1.45 bits per heavy atom. The molecule has 7 nitrogen and oxygen atoms in total. The summed E-state index contributed by atoms with van der Waals surface area (Å²) in [5.41, 5.74) is 3.67. The van der Waals surface area contributed by atoms with Crippen molar-refractivity contribution in [1.29, 1.82) is 0 Å². The van der Waals surface area contributed by atoms with Crippen LogP contribution < -0.4 is 5.32 Å². The van der Waals surface area contributed by atoms with Gasteiger partial charge >= 0.3 is 0 Å². The highest BCUT2D eigenvalue weighted by Crippen LogP contribution is 2.25. The van der Waals surface area contributed by atoms with Crippen LogP contribution >= 0.6 is 0 Å². The third kappa shape index (κ3) is 5.75. The van der Waals surface area contributed by atoms with E-state index in [1.165, 1.54) is 33.8 Å². The standard InChI is InChI=1S/C30H26FN5O2/c31-25-17-15-24(16-18-25)29(30(38)32-19-22-9-3-1-4-10-22)35(20-23-11-5-2-6-12-23)28(37)21-36-27-14-8-7-13-26(27)33-34-36/h1-18,29H,19-21H2,(H,32,38)/t29-/m1/s1. The highest BCUT2D eigenvalue weighted by molar-refractivity contribution is 5.89. The highest BCUT2D eigenvalue weighted by atomic mass is 19.1. The predicted octanol–water partition coefficient (Wildman–Crippen LogP) is 4.66. The van der Waals surface area contributed by atoms with Crippen LogP contribution in [0.15, 0.2) is 109 Å². The molecule has 0 fully saturated rings. The number of amides is 2. The highest BCUT2D eigenvalue weighted by Gasteiger charge is 2.32. The number of hydrogen-bond acceptors (Lipinski definition) is 4. The molecule has 0 radical (unpaired) electrons. The summed E-state index contributed by atoms with van der Waals surface area (Å²) in [5, 5.41) is 11.3. The van der Waals surface area contributed by atoms with E-state index in [0.29, 0.717) is 23.1 Å². The smallest absolute Gasteiger partial charge is 0.247 e. The van der Waals surface area contributed by atoms with Crippen LogP contribution in [0, 0.1) is 5.82 Å². The summed E-state index contributed by atoms with van der Waals surface area (Å²) in [6.45, 7) is 0.350. The number of para-hydroxylation sites is 1. The van der Waals surface area contributed by atoms with E-state index in [1.54, 1.807) is 0 Å². The normalized spacial score (nSPS) is 11.7. The molecule has 0 unspecified atom stereocenters. The number of nitrogens with one attached hydrogen (secondary N) is 1. The Labute approximate surface area is 219 Å². The number of benzene rings is 4. The lowest BCUT2D eigenvalue weighted by Crippen LogP contribution is -2.44. The van der Waals surface area contributed by atoms with Crippen LogP contribution in [-0.4, -0.2) is 31.7 Å². The number of carbonyl (C=O) groups is 2. The molecule has 2 amide bonds. The maximum atomic E-state index is 13.9. The molecule has 0 saturated carbocycles. The number of carbonyl (C=O) groups excluding carboxylic acids is 2. The van der Waals surface area contributed by atoms with E-state index in [-0.39, 0.29) is 24.9 Å². The summed E-state index contributed by atoms with van der Waals surface area (Å²) < 4.78 is 15.4. The molecule has 0 saturated heterocycles. The van der Waals surface area contributed by atoms with Crippen LogP contribution in [0.5, 0.6) is 0 Å². The third-order valence-corrected chi connectivity index (χ3v) is 6.28. The molecule has 38 heavy (non-hydrogen) atoms. The minimum Gasteiger partial charge on any atom is -0.350 e.